The van der Waals surface area contributed by atoms with Gasteiger partial charge >= 0.3 is 0 Å². The molecule has 4 rings (SSSR count). The van der Waals surface area contributed by atoms with Crippen molar-refractivity contribution >= 4 is 29.5 Å². The van der Waals surface area contributed by atoms with Gasteiger partial charge in [0, 0.05) is 36.0 Å². The second-order valence-corrected chi connectivity index (χ2v) is 8.05. The molecule has 0 aliphatic carbocycles. The topological polar surface area (TPSA) is 98.7 Å². The molecule has 0 saturated carbocycles. The Balaban J connectivity index is 1.63. The Labute approximate surface area is 197 Å². The average Bonchev–Trinajstić information content (AvgIpc) is 3.42. The summed E-state index contributed by atoms with van der Waals surface area (Å²) < 4.78 is 0. The summed E-state index contributed by atoms with van der Waals surface area (Å²) in [7, 11) is 0. The van der Waals surface area contributed by atoms with Gasteiger partial charge in [-0.25, -0.2) is 5.48 Å². The van der Waals surface area contributed by atoms with Crippen molar-refractivity contribution in [3.8, 4) is 11.1 Å². The van der Waals surface area contributed by atoms with Crippen molar-refractivity contribution < 1.29 is 19.6 Å². The number of amides is 3. The van der Waals surface area contributed by atoms with Crippen molar-refractivity contribution in [2.45, 2.75) is 12.8 Å². The molecule has 3 aromatic rings. The molecular weight excluding hydrogens is 430 g/mol. The van der Waals surface area contributed by atoms with E-state index in [1.165, 1.54) is 6.08 Å². The van der Waals surface area contributed by atoms with Crippen molar-refractivity contribution in [3.05, 3.63) is 95.6 Å². The number of likely N-dealkylation sites (tertiary alicyclic amines) is 1. The summed E-state index contributed by atoms with van der Waals surface area (Å²) in [4.78, 5) is 39.1. The first kappa shape index (κ1) is 22.9. The summed E-state index contributed by atoms with van der Waals surface area (Å²) in [5.41, 5.74) is 5.29. The minimum atomic E-state index is -0.609. The van der Waals surface area contributed by atoms with E-state index < -0.39 is 5.91 Å². The first-order valence-electron chi connectivity index (χ1n) is 11.1. The molecule has 0 aromatic heterocycles. The molecule has 0 spiro atoms. The van der Waals surface area contributed by atoms with Gasteiger partial charge in [0.15, 0.2) is 0 Å². The average molecular weight is 456 g/mol. The smallest absolute Gasteiger partial charge is 0.274 e. The first-order valence-corrected chi connectivity index (χ1v) is 11.1. The van der Waals surface area contributed by atoms with E-state index in [1.54, 1.807) is 54.0 Å². The number of rotatable bonds is 6. The molecule has 7 nitrogen and oxygen atoms in total. The lowest BCUT2D eigenvalue weighted by Gasteiger charge is -2.17. The van der Waals surface area contributed by atoms with Crippen LogP contribution >= 0.6 is 0 Å². The van der Waals surface area contributed by atoms with Crippen molar-refractivity contribution in [2.75, 3.05) is 18.4 Å². The molecule has 1 fully saturated rings. The maximum Gasteiger partial charge on any atom is 0.274 e. The molecule has 1 saturated heterocycles. The summed E-state index contributed by atoms with van der Waals surface area (Å²) in [5, 5.41) is 11.7. The summed E-state index contributed by atoms with van der Waals surface area (Å²) in [5.74, 6) is -0.996. The fraction of sp³-hybridized carbons (Fsp3) is 0.148. The summed E-state index contributed by atoms with van der Waals surface area (Å²) in [6, 6.07) is 21.4. The second kappa shape index (κ2) is 10.6. The van der Waals surface area contributed by atoms with Crippen LogP contribution in [0.15, 0.2) is 78.9 Å². The second-order valence-electron chi connectivity index (χ2n) is 8.05. The standard InChI is InChI=1S/C27H25N3O4/c31-25(13-8-19-6-2-1-3-7-19)28-24-17-22(20-9-11-21(12-10-20)26(32)29-34)16-23(18-24)27(33)30-14-4-5-15-30/h1-3,6-13,16-18,34H,4-5,14-15H2,(H,28,31)(H,29,32)/b13-8+. The lowest BCUT2D eigenvalue weighted by molar-refractivity contribution is -0.111. The van der Waals surface area contributed by atoms with Crippen molar-refractivity contribution in [3.63, 3.8) is 0 Å². The number of carbonyl (C=O) groups excluding carboxylic acids is 3. The zero-order valence-electron chi connectivity index (χ0n) is 18.5. The Morgan fingerprint density at radius 2 is 1.53 bits per heavy atom. The first-order chi connectivity index (χ1) is 16.5. The lowest BCUT2D eigenvalue weighted by atomic mass is 10.00. The van der Waals surface area contributed by atoms with Gasteiger partial charge in [0.25, 0.3) is 11.8 Å². The molecule has 1 heterocycles. The third kappa shape index (κ3) is 5.57. The highest BCUT2D eigenvalue weighted by atomic mass is 16.5. The van der Waals surface area contributed by atoms with E-state index in [2.05, 4.69) is 5.32 Å². The quantitative estimate of drug-likeness (QED) is 0.292. The Bertz CT molecular complexity index is 1210. The largest absolute Gasteiger partial charge is 0.339 e. The maximum atomic E-state index is 13.1. The van der Waals surface area contributed by atoms with Crippen LogP contribution in [0, 0.1) is 0 Å². The maximum absolute atomic E-state index is 13.1. The molecule has 0 atom stereocenters. The Kier molecular flexibility index (Phi) is 7.15. The van der Waals surface area contributed by atoms with Crippen LogP contribution in [0.25, 0.3) is 17.2 Å². The molecule has 1 aliphatic rings. The fourth-order valence-corrected chi connectivity index (χ4v) is 3.89. The van der Waals surface area contributed by atoms with Crippen LogP contribution in [0.1, 0.15) is 39.1 Å². The van der Waals surface area contributed by atoms with Crippen molar-refractivity contribution in [1.29, 1.82) is 0 Å². The van der Waals surface area contributed by atoms with E-state index in [9.17, 15) is 14.4 Å². The minimum absolute atomic E-state index is 0.0778. The minimum Gasteiger partial charge on any atom is -0.339 e. The van der Waals surface area contributed by atoms with E-state index in [1.807, 2.05) is 35.2 Å². The van der Waals surface area contributed by atoms with Gasteiger partial charge in [-0.05, 0) is 65.9 Å². The molecule has 0 unspecified atom stereocenters. The van der Waals surface area contributed by atoms with Gasteiger partial charge in [-0.3, -0.25) is 19.6 Å². The van der Waals surface area contributed by atoms with Crippen LogP contribution in [-0.2, 0) is 4.79 Å². The van der Waals surface area contributed by atoms with E-state index in [-0.39, 0.29) is 11.8 Å². The van der Waals surface area contributed by atoms with E-state index >= 15 is 0 Å². The van der Waals surface area contributed by atoms with E-state index in [0.717, 1.165) is 42.6 Å². The summed E-state index contributed by atoms with van der Waals surface area (Å²) in [6.07, 6.45) is 5.13. The number of anilines is 1. The highest BCUT2D eigenvalue weighted by Crippen LogP contribution is 2.27. The van der Waals surface area contributed by atoms with E-state index in [0.29, 0.717) is 16.8 Å². The Hall–Kier alpha value is -4.23. The molecular formula is C27H25N3O4. The van der Waals surface area contributed by atoms with Gasteiger partial charge < -0.3 is 10.2 Å². The van der Waals surface area contributed by atoms with Gasteiger partial charge in [0.1, 0.15) is 0 Å². The van der Waals surface area contributed by atoms with Crippen LogP contribution in [0.2, 0.25) is 0 Å². The predicted octanol–water partition coefficient (Wildman–Crippen LogP) is 4.36. The molecule has 7 heteroatoms. The number of nitrogens with zero attached hydrogens (tertiary/aromatic N) is 1. The van der Waals surface area contributed by atoms with Crippen molar-refractivity contribution in [1.82, 2.24) is 10.4 Å². The number of carbonyl (C=O) groups is 3. The van der Waals surface area contributed by atoms with Crippen molar-refractivity contribution in [2.24, 2.45) is 0 Å². The highest BCUT2D eigenvalue weighted by Gasteiger charge is 2.21. The van der Waals surface area contributed by atoms with Gasteiger partial charge in [-0.2, -0.15) is 0 Å². The number of hydrogen-bond acceptors (Lipinski definition) is 4. The molecule has 1 aliphatic heterocycles. The molecule has 172 valence electrons. The Morgan fingerprint density at radius 3 is 2.21 bits per heavy atom. The fourth-order valence-electron chi connectivity index (χ4n) is 3.89. The van der Waals surface area contributed by atoms with Crippen LogP contribution in [-0.4, -0.2) is 40.9 Å². The van der Waals surface area contributed by atoms with Crippen LogP contribution < -0.4 is 10.8 Å². The van der Waals surface area contributed by atoms with Crippen LogP contribution in [0.4, 0.5) is 5.69 Å². The van der Waals surface area contributed by atoms with Gasteiger partial charge in [-0.15, -0.1) is 0 Å². The number of benzene rings is 3. The number of nitrogens with one attached hydrogen (secondary N) is 2. The highest BCUT2D eigenvalue weighted by molar-refractivity contribution is 6.04. The molecule has 0 radical (unpaired) electrons. The van der Waals surface area contributed by atoms with Crippen LogP contribution in [0.5, 0.6) is 0 Å². The Morgan fingerprint density at radius 1 is 0.824 bits per heavy atom. The normalized spacial score (nSPS) is 13.1. The van der Waals surface area contributed by atoms with E-state index in [4.69, 9.17) is 5.21 Å². The predicted molar refractivity (Wildman–Crippen MR) is 130 cm³/mol. The zero-order chi connectivity index (χ0) is 23.9. The molecule has 3 amide bonds. The van der Waals surface area contributed by atoms with Crippen LogP contribution in [0.3, 0.4) is 0 Å². The monoisotopic (exact) mass is 455 g/mol. The number of hydrogen-bond donors (Lipinski definition) is 3. The zero-order valence-corrected chi connectivity index (χ0v) is 18.5. The summed E-state index contributed by atoms with van der Waals surface area (Å²) in [6.45, 7) is 1.44. The molecule has 34 heavy (non-hydrogen) atoms. The third-order valence-corrected chi connectivity index (χ3v) is 5.65. The SMILES string of the molecule is O=C(/C=C/c1ccccc1)Nc1cc(C(=O)N2CCCC2)cc(-c2ccc(C(=O)NO)cc2)c1. The lowest BCUT2D eigenvalue weighted by Crippen LogP contribution is -2.27. The van der Waals surface area contributed by atoms with Gasteiger partial charge in [0.05, 0.1) is 0 Å². The van der Waals surface area contributed by atoms with Gasteiger partial charge in [0.2, 0.25) is 5.91 Å². The molecule has 3 N–H and O–H groups in total. The summed E-state index contributed by atoms with van der Waals surface area (Å²) >= 11 is 0. The molecule has 3 aromatic carbocycles. The number of hydroxylamine groups is 1. The van der Waals surface area contributed by atoms with Gasteiger partial charge in [-0.1, -0.05) is 42.5 Å². The molecule has 0 bridgehead atoms. The third-order valence-electron chi connectivity index (χ3n) is 5.65.